The van der Waals surface area contributed by atoms with Crippen LogP contribution in [0.1, 0.15) is 60.6 Å². The molecule has 3 aliphatic rings. The van der Waals surface area contributed by atoms with Crippen LogP contribution in [0.25, 0.3) is 11.3 Å². The Hall–Kier alpha value is -3.81. The number of rotatable bonds is 9. The van der Waals surface area contributed by atoms with E-state index >= 15 is 0 Å². The Morgan fingerprint density at radius 3 is 2.56 bits per heavy atom. The highest BCUT2D eigenvalue weighted by atomic mass is 16.7. The summed E-state index contributed by atoms with van der Waals surface area (Å²) in [6, 6.07) is 14.1. The highest BCUT2D eigenvalue weighted by Gasteiger charge is 2.54. The van der Waals surface area contributed by atoms with Crippen LogP contribution in [0, 0.1) is 29.6 Å². The van der Waals surface area contributed by atoms with E-state index in [-0.39, 0.29) is 12.4 Å². The Kier molecular flexibility index (Phi) is 8.09. The molecule has 7 rings (SSSR count). The zero-order valence-electron chi connectivity index (χ0n) is 24.6. The van der Waals surface area contributed by atoms with Crippen LogP contribution in [0.15, 0.2) is 65.6 Å². The molecule has 4 atom stereocenters. The molecule has 222 valence electrons. The molecule has 2 saturated heterocycles. The predicted molar refractivity (Wildman–Crippen MR) is 161 cm³/mol. The standard InChI is InChI=1S/C34H38N6O3/c1-23(42-33-4-2-3-15-41-33)34-36-13-14-40(34)20-28-16-32(43-38-28)26-10-7-24(8-11-26)5-6-25-9-12-27(37-18-25)19-39-21-30-29(17-35)31(30)22-39/h7-14,16,18,23,29-31,33H,2-4,15,17,19-22,35H2,1H3/t23-,29?,30?,31?,33?/m0/s1. The Balaban J connectivity index is 0.930. The monoisotopic (exact) mass is 578 g/mol. The van der Waals surface area contributed by atoms with Gasteiger partial charge in [-0.2, -0.15) is 0 Å². The molecule has 3 unspecified atom stereocenters. The van der Waals surface area contributed by atoms with Gasteiger partial charge in [0.05, 0.1) is 12.2 Å². The van der Waals surface area contributed by atoms with Crippen LogP contribution in [0.4, 0.5) is 0 Å². The highest BCUT2D eigenvalue weighted by molar-refractivity contribution is 5.59. The fraction of sp³-hybridized carbons (Fsp3) is 0.441. The van der Waals surface area contributed by atoms with E-state index in [1.165, 1.54) is 0 Å². The molecular formula is C34H38N6O3. The lowest BCUT2D eigenvalue weighted by Crippen LogP contribution is -2.26. The molecule has 9 nitrogen and oxygen atoms in total. The Morgan fingerprint density at radius 1 is 1.00 bits per heavy atom. The molecular weight excluding hydrogens is 540 g/mol. The van der Waals surface area contributed by atoms with Crippen molar-refractivity contribution in [2.45, 2.75) is 51.7 Å². The molecule has 0 amide bonds. The van der Waals surface area contributed by atoms with Crippen molar-refractivity contribution in [3.8, 4) is 23.2 Å². The molecule has 0 spiro atoms. The second-order valence-corrected chi connectivity index (χ2v) is 12.0. The number of pyridine rings is 1. The van der Waals surface area contributed by atoms with Gasteiger partial charge >= 0.3 is 0 Å². The first-order valence-corrected chi connectivity index (χ1v) is 15.4. The van der Waals surface area contributed by atoms with Crippen LogP contribution in [-0.4, -0.2) is 57.1 Å². The number of nitrogens with two attached hydrogens (primary N) is 1. The van der Waals surface area contributed by atoms with Gasteiger partial charge in [-0.05, 0) is 86.9 Å². The van der Waals surface area contributed by atoms with E-state index in [1.54, 1.807) is 6.20 Å². The fourth-order valence-corrected chi connectivity index (χ4v) is 6.52. The molecule has 0 bridgehead atoms. The van der Waals surface area contributed by atoms with Gasteiger partial charge in [-0.25, -0.2) is 4.98 Å². The number of ether oxygens (including phenoxy) is 2. The highest BCUT2D eigenvalue weighted by Crippen LogP contribution is 2.51. The van der Waals surface area contributed by atoms with Crippen LogP contribution in [0.2, 0.25) is 0 Å². The van der Waals surface area contributed by atoms with Gasteiger partial charge in [0, 0.05) is 67.6 Å². The van der Waals surface area contributed by atoms with Gasteiger partial charge in [-0.15, -0.1) is 0 Å². The summed E-state index contributed by atoms with van der Waals surface area (Å²) in [5.41, 5.74) is 10.5. The number of fused-ring (bicyclic) bond motifs is 1. The number of hydrogen-bond donors (Lipinski definition) is 1. The summed E-state index contributed by atoms with van der Waals surface area (Å²) in [5, 5.41) is 4.30. The average Bonchev–Trinajstić information content (AvgIpc) is 3.49. The molecule has 5 heterocycles. The van der Waals surface area contributed by atoms with Crippen molar-refractivity contribution in [1.29, 1.82) is 0 Å². The molecule has 2 N–H and O–H groups in total. The fourth-order valence-electron chi connectivity index (χ4n) is 6.52. The van der Waals surface area contributed by atoms with Crippen molar-refractivity contribution < 1.29 is 14.0 Å². The van der Waals surface area contributed by atoms with Crippen molar-refractivity contribution in [2.24, 2.45) is 23.5 Å². The van der Waals surface area contributed by atoms with Gasteiger partial charge in [-0.3, -0.25) is 9.88 Å². The van der Waals surface area contributed by atoms with Crippen LogP contribution in [-0.2, 0) is 22.6 Å². The molecule has 3 aromatic heterocycles. The largest absolute Gasteiger partial charge is 0.356 e. The third-order valence-corrected chi connectivity index (χ3v) is 8.95. The van der Waals surface area contributed by atoms with E-state index in [2.05, 4.69) is 44.0 Å². The van der Waals surface area contributed by atoms with Crippen molar-refractivity contribution in [3.63, 3.8) is 0 Å². The van der Waals surface area contributed by atoms with Gasteiger partial charge in [0.15, 0.2) is 12.1 Å². The summed E-state index contributed by atoms with van der Waals surface area (Å²) in [6.07, 6.45) is 8.39. The second-order valence-electron chi connectivity index (χ2n) is 12.0. The Morgan fingerprint density at radius 2 is 1.81 bits per heavy atom. The van der Waals surface area contributed by atoms with Crippen LogP contribution in [0.5, 0.6) is 0 Å². The van der Waals surface area contributed by atoms with Crippen LogP contribution >= 0.6 is 0 Å². The van der Waals surface area contributed by atoms with Crippen molar-refractivity contribution in [1.82, 2.24) is 24.6 Å². The summed E-state index contributed by atoms with van der Waals surface area (Å²) in [4.78, 5) is 11.7. The number of likely N-dealkylation sites (tertiary alicyclic amines) is 1. The van der Waals surface area contributed by atoms with Gasteiger partial charge in [0.2, 0.25) is 0 Å². The average molecular weight is 579 g/mol. The maximum absolute atomic E-state index is 6.12. The van der Waals surface area contributed by atoms with Gasteiger partial charge in [-0.1, -0.05) is 17.0 Å². The van der Waals surface area contributed by atoms with Crippen molar-refractivity contribution in [3.05, 3.63) is 89.4 Å². The third kappa shape index (κ3) is 6.43. The quantitative estimate of drug-likeness (QED) is 0.287. The molecule has 9 heteroatoms. The molecule has 4 aromatic rings. The molecule has 2 aliphatic heterocycles. The van der Waals surface area contributed by atoms with Crippen LogP contribution in [0.3, 0.4) is 0 Å². The van der Waals surface area contributed by atoms with Gasteiger partial charge < -0.3 is 24.3 Å². The maximum atomic E-state index is 6.12. The van der Waals surface area contributed by atoms with Gasteiger partial charge in [0.1, 0.15) is 17.6 Å². The SMILES string of the molecule is C[C@H](OC1CCCCO1)c1nccn1Cc1cc(-c2ccc(C#Cc3ccc(CN4CC5C(CN)C5C4)nc3)cc2)on1. The number of aromatic nitrogens is 4. The first-order chi connectivity index (χ1) is 21.1. The summed E-state index contributed by atoms with van der Waals surface area (Å²) >= 11 is 0. The molecule has 0 radical (unpaired) electrons. The lowest BCUT2D eigenvalue weighted by molar-refractivity contribution is -0.188. The van der Waals surface area contributed by atoms with Crippen molar-refractivity contribution >= 4 is 0 Å². The van der Waals surface area contributed by atoms with Gasteiger partial charge in [0.25, 0.3) is 0 Å². The minimum absolute atomic E-state index is 0.168. The van der Waals surface area contributed by atoms with E-state index in [1.807, 2.05) is 54.2 Å². The molecule has 43 heavy (non-hydrogen) atoms. The second kappa shape index (κ2) is 12.4. The minimum Gasteiger partial charge on any atom is -0.356 e. The number of benzene rings is 1. The number of hydrogen-bond acceptors (Lipinski definition) is 8. The van der Waals surface area contributed by atoms with E-state index in [9.17, 15) is 0 Å². The van der Waals surface area contributed by atoms with Crippen LogP contribution < -0.4 is 5.73 Å². The molecule has 1 saturated carbocycles. The molecule has 3 fully saturated rings. The smallest absolute Gasteiger partial charge is 0.167 e. The number of imidazole rings is 1. The zero-order valence-corrected chi connectivity index (χ0v) is 24.6. The molecule has 1 aromatic carbocycles. The Bertz CT molecular complexity index is 1570. The van der Waals surface area contributed by atoms with Crippen molar-refractivity contribution in [2.75, 3.05) is 26.2 Å². The summed E-state index contributed by atoms with van der Waals surface area (Å²) in [7, 11) is 0. The summed E-state index contributed by atoms with van der Waals surface area (Å²) in [5.74, 6) is 10.4. The first-order valence-electron chi connectivity index (χ1n) is 15.4. The predicted octanol–water partition coefficient (Wildman–Crippen LogP) is 4.62. The summed E-state index contributed by atoms with van der Waals surface area (Å²) < 4.78 is 19.6. The zero-order chi connectivity index (χ0) is 29.2. The lowest BCUT2D eigenvalue weighted by Gasteiger charge is -2.26. The number of piperidine rings is 1. The molecule has 1 aliphatic carbocycles. The van der Waals surface area contributed by atoms with E-state index in [4.69, 9.17) is 19.7 Å². The maximum Gasteiger partial charge on any atom is 0.167 e. The summed E-state index contributed by atoms with van der Waals surface area (Å²) in [6.45, 7) is 7.34. The third-order valence-electron chi connectivity index (χ3n) is 8.95. The van der Waals surface area contributed by atoms with E-state index in [0.29, 0.717) is 12.3 Å². The minimum atomic E-state index is -0.183. The lowest BCUT2D eigenvalue weighted by atomic mass is 10.1. The Labute approximate surface area is 252 Å². The number of nitrogens with zero attached hydrogens (tertiary/aromatic N) is 5. The van der Waals surface area contributed by atoms with E-state index in [0.717, 1.165) is 104 Å². The first kappa shape index (κ1) is 28.0. The van der Waals surface area contributed by atoms with E-state index < -0.39 is 0 Å². The topological polar surface area (TPSA) is 104 Å². The normalized spacial score (nSPS) is 23.9.